The third kappa shape index (κ3) is 9.72. The second-order valence-corrected chi connectivity index (χ2v) is 8.78. The van der Waals surface area contributed by atoms with E-state index in [-0.39, 0.29) is 6.61 Å². The number of aryl methyl sites for hydroxylation is 2. The summed E-state index contributed by atoms with van der Waals surface area (Å²) in [6.45, 7) is 1.33. The molecular weight excluding hydrogens is 434 g/mol. The minimum absolute atomic E-state index is 0.295. The lowest BCUT2D eigenvalue weighted by molar-refractivity contribution is -0.137. The van der Waals surface area contributed by atoms with Gasteiger partial charge in [-0.05, 0) is 55.9 Å². The van der Waals surface area contributed by atoms with E-state index in [2.05, 4.69) is 16.4 Å². The maximum atomic E-state index is 12.7. The third-order valence-electron chi connectivity index (χ3n) is 4.40. The molecule has 0 amide bonds. The molecule has 1 unspecified atom stereocenters. The van der Waals surface area contributed by atoms with Crippen molar-refractivity contribution in [3.8, 4) is 11.8 Å². The van der Waals surface area contributed by atoms with Crippen molar-refractivity contribution in [1.29, 1.82) is 0 Å². The Labute approximate surface area is 178 Å². The second kappa shape index (κ2) is 10.5. The van der Waals surface area contributed by atoms with Crippen LogP contribution in [0.25, 0.3) is 0 Å². The summed E-state index contributed by atoms with van der Waals surface area (Å²) in [6, 6.07) is 8.72. The van der Waals surface area contributed by atoms with Crippen molar-refractivity contribution >= 4 is 7.82 Å². The number of furan rings is 1. The van der Waals surface area contributed by atoms with E-state index in [4.69, 9.17) is 19.9 Å². The van der Waals surface area contributed by atoms with E-state index >= 15 is 0 Å². The molecule has 0 fully saturated rings. The average molecular weight is 459 g/mol. The molecule has 1 aromatic heterocycles. The Morgan fingerprint density at radius 2 is 1.94 bits per heavy atom. The van der Waals surface area contributed by atoms with Gasteiger partial charge in [-0.25, -0.2) is 4.57 Å². The first kappa shape index (κ1) is 25.2. The fraction of sp³-hybridized carbons (Fsp3) is 0.429. The lowest BCUT2D eigenvalue weighted by Crippen LogP contribution is -2.41. The van der Waals surface area contributed by atoms with Crippen LogP contribution in [0.1, 0.15) is 48.8 Å². The molecule has 0 spiro atoms. The number of unbranched alkanes of at least 4 members (excludes halogenated alkanes) is 1. The van der Waals surface area contributed by atoms with Gasteiger partial charge >= 0.3 is 14.0 Å². The van der Waals surface area contributed by atoms with Gasteiger partial charge in [-0.15, -0.1) is 0 Å². The Kier molecular flexibility index (Phi) is 8.52. The summed E-state index contributed by atoms with van der Waals surface area (Å²) in [5, 5.41) is 0. The normalized spacial score (nSPS) is 14.0. The summed E-state index contributed by atoms with van der Waals surface area (Å²) >= 11 is 0. The highest BCUT2D eigenvalue weighted by Gasteiger charge is 2.30. The standard InChI is InChI=1S/C21H25F3NO5P/c1-20(25,15-29-31(26,27)28)13-12-19-11-10-18(30-19)9-4-2-3-6-16-7-5-8-17(14-16)21(22,23)24/h5,7-8,10-11,14H,2-3,6,12-13,15,25H2,1H3,(H2,26,27,28). The highest BCUT2D eigenvalue weighted by molar-refractivity contribution is 7.46. The van der Waals surface area contributed by atoms with E-state index in [0.717, 1.165) is 12.1 Å². The molecule has 0 aliphatic carbocycles. The molecule has 0 saturated heterocycles. The topological polar surface area (TPSA) is 106 Å². The lowest BCUT2D eigenvalue weighted by Gasteiger charge is -2.23. The molecule has 0 saturated carbocycles. The highest BCUT2D eigenvalue weighted by atomic mass is 31.2. The van der Waals surface area contributed by atoms with Crippen LogP contribution in [0.2, 0.25) is 0 Å². The number of benzene rings is 1. The number of alkyl halides is 3. The smallest absolute Gasteiger partial charge is 0.453 e. The van der Waals surface area contributed by atoms with Gasteiger partial charge in [0.2, 0.25) is 0 Å². The molecule has 0 aliphatic rings. The van der Waals surface area contributed by atoms with Gasteiger partial charge in [0.15, 0.2) is 5.76 Å². The van der Waals surface area contributed by atoms with E-state index in [1.807, 2.05) is 0 Å². The van der Waals surface area contributed by atoms with Crippen LogP contribution in [-0.4, -0.2) is 21.9 Å². The molecule has 0 bridgehead atoms. The Bertz CT molecular complexity index is 969. The van der Waals surface area contributed by atoms with Crippen molar-refractivity contribution < 1.29 is 36.5 Å². The molecule has 1 atom stereocenters. The fourth-order valence-electron chi connectivity index (χ4n) is 2.73. The third-order valence-corrected chi connectivity index (χ3v) is 4.87. The molecule has 1 aromatic carbocycles. The van der Waals surface area contributed by atoms with Crippen molar-refractivity contribution in [2.45, 2.75) is 50.7 Å². The Hall–Kier alpha value is -2.08. The fourth-order valence-corrected chi connectivity index (χ4v) is 3.19. The predicted octanol–water partition coefficient (Wildman–Crippen LogP) is 4.43. The summed E-state index contributed by atoms with van der Waals surface area (Å²) < 4.78 is 59.0. The van der Waals surface area contributed by atoms with Gasteiger partial charge < -0.3 is 19.9 Å². The number of phosphoric ester groups is 1. The van der Waals surface area contributed by atoms with E-state index in [9.17, 15) is 17.7 Å². The number of nitrogens with two attached hydrogens (primary N) is 1. The van der Waals surface area contributed by atoms with Crippen LogP contribution >= 0.6 is 7.82 Å². The Morgan fingerprint density at radius 3 is 2.61 bits per heavy atom. The quantitative estimate of drug-likeness (QED) is 0.291. The van der Waals surface area contributed by atoms with Gasteiger partial charge in [0.1, 0.15) is 5.76 Å². The molecule has 2 rings (SSSR count). The van der Waals surface area contributed by atoms with E-state index in [0.29, 0.717) is 49.2 Å². The maximum Gasteiger partial charge on any atom is 0.469 e. The summed E-state index contributed by atoms with van der Waals surface area (Å²) in [4.78, 5) is 17.5. The van der Waals surface area contributed by atoms with Gasteiger partial charge in [-0.3, -0.25) is 4.52 Å². The number of hydrogen-bond acceptors (Lipinski definition) is 4. The van der Waals surface area contributed by atoms with Gasteiger partial charge in [-0.1, -0.05) is 24.1 Å². The summed E-state index contributed by atoms with van der Waals surface area (Å²) in [7, 11) is -4.57. The molecule has 0 aliphatic heterocycles. The zero-order valence-corrected chi connectivity index (χ0v) is 17.9. The van der Waals surface area contributed by atoms with Gasteiger partial charge in [-0.2, -0.15) is 13.2 Å². The number of halogens is 3. The minimum Gasteiger partial charge on any atom is -0.453 e. The zero-order chi connectivity index (χ0) is 23.1. The Balaban J connectivity index is 1.78. The van der Waals surface area contributed by atoms with Gasteiger partial charge in [0.05, 0.1) is 12.2 Å². The van der Waals surface area contributed by atoms with Crippen LogP contribution in [0.5, 0.6) is 0 Å². The van der Waals surface area contributed by atoms with E-state index < -0.39 is 25.1 Å². The molecule has 2 aromatic rings. The molecule has 31 heavy (non-hydrogen) atoms. The molecule has 170 valence electrons. The first-order valence-corrected chi connectivity index (χ1v) is 11.1. The first-order chi connectivity index (χ1) is 14.3. The molecule has 1 heterocycles. The summed E-state index contributed by atoms with van der Waals surface area (Å²) in [6.07, 6.45) is -1.91. The molecular formula is C21H25F3NO5P. The van der Waals surface area contributed by atoms with Crippen molar-refractivity contribution in [2.75, 3.05) is 6.61 Å². The molecule has 4 N–H and O–H groups in total. The van der Waals surface area contributed by atoms with Crippen molar-refractivity contribution in [1.82, 2.24) is 0 Å². The Morgan fingerprint density at radius 1 is 1.19 bits per heavy atom. The van der Waals surface area contributed by atoms with Crippen LogP contribution in [0.15, 0.2) is 40.8 Å². The summed E-state index contributed by atoms with van der Waals surface area (Å²) in [5.74, 6) is 6.90. The SMILES string of the molecule is CC(N)(CCc1ccc(C#CCCCc2cccc(C(F)(F)F)c2)o1)COP(=O)(O)O. The summed E-state index contributed by atoms with van der Waals surface area (Å²) in [5.41, 5.74) is 4.99. The average Bonchev–Trinajstić information content (AvgIpc) is 3.12. The second-order valence-electron chi connectivity index (χ2n) is 7.54. The molecule has 10 heteroatoms. The first-order valence-electron chi connectivity index (χ1n) is 9.57. The van der Waals surface area contributed by atoms with Crippen LogP contribution in [-0.2, 0) is 28.1 Å². The predicted molar refractivity (Wildman–Crippen MR) is 109 cm³/mol. The largest absolute Gasteiger partial charge is 0.469 e. The van der Waals surface area contributed by atoms with Gasteiger partial charge in [0.25, 0.3) is 0 Å². The van der Waals surface area contributed by atoms with Gasteiger partial charge in [0, 0.05) is 18.4 Å². The van der Waals surface area contributed by atoms with E-state index in [1.54, 1.807) is 25.1 Å². The van der Waals surface area contributed by atoms with Crippen molar-refractivity contribution in [3.05, 3.63) is 59.0 Å². The zero-order valence-electron chi connectivity index (χ0n) is 17.0. The van der Waals surface area contributed by atoms with Crippen LogP contribution < -0.4 is 5.73 Å². The van der Waals surface area contributed by atoms with Crippen molar-refractivity contribution in [2.24, 2.45) is 5.73 Å². The van der Waals surface area contributed by atoms with Crippen molar-refractivity contribution in [3.63, 3.8) is 0 Å². The van der Waals surface area contributed by atoms with Crippen LogP contribution in [0, 0.1) is 11.8 Å². The molecule has 0 radical (unpaired) electrons. The van der Waals surface area contributed by atoms with Crippen LogP contribution in [0.3, 0.4) is 0 Å². The van der Waals surface area contributed by atoms with Crippen LogP contribution in [0.4, 0.5) is 13.2 Å². The number of hydrogen-bond donors (Lipinski definition) is 3. The molecule has 6 nitrogen and oxygen atoms in total. The monoisotopic (exact) mass is 459 g/mol. The lowest BCUT2D eigenvalue weighted by atomic mass is 9.98. The maximum absolute atomic E-state index is 12.7. The highest BCUT2D eigenvalue weighted by Crippen LogP contribution is 2.37. The van der Waals surface area contributed by atoms with E-state index in [1.165, 1.54) is 6.07 Å². The minimum atomic E-state index is -4.57. The number of rotatable bonds is 9. The number of phosphoric acid groups is 1.